The molecule has 3 N–H and O–H groups in total. The maximum absolute atomic E-state index is 12.8. The summed E-state index contributed by atoms with van der Waals surface area (Å²) in [6, 6.07) is 13.0. The van der Waals surface area contributed by atoms with Gasteiger partial charge in [0.15, 0.2) is 0 Å². The zero-order chi connectivity index (χ0) is 24.6. The smallest absolute Gasteiger partial charge is 0.410 e. The van der Waals surface area contributed by atoms with Crippen LogP contribution in [-0.2, 0) is 17.7 Å². The second kappa shape index (κ2) is 8.85. The third-order valence-electron chi connectivity index (χ3n) is 5.76. The molecule has 3 amide bonds. The summed E-state index contributed by atoms with van der Waals surface area (Å²) in [6.07, 6.45) is 0.311. The number of fused-ring (bicyclic) bond motifs is 1. The van der Waals surface area contributed by atoms with Crippen molar-refractivity contribution in [3.63, 3.8) is 0 Å². The van der Waals surface area contributed by atoms with Crippen LogP contribution in [0.1, 0.15) is 43.2 Å². The van der Waals surface area contributed by atoms with Crippen molar-refractivity contribution in [1.82, 2.24) is 14.7 Å². The van der Waals surface area contributed by atoms with E-state index in [0.29, 0.717) is 25.2 Å². The van der Waals surface area contributed by atoms with Crippen molar-refractivity contribution >= 4 is 17.8 Å². The molecule has 0 fully saturated rings. The van der Waals surface area contributed by atoms with E-state index in [9.17, 15) is 9.59 Å². The van der Waals surface area contributed by atoms with Crippen LogP contribution in [0.5, 0.6) is 0 Å². The molecule has 1 aliphatic rings. The predicted octanol–water partition coefficient (Wildman–Crippen LogP) is 4.94. The van der Waals surface area contributed by atoms with Crippen LogP contribution >= 0.6 is 0 Å². The predicted molar refractivity (Wildman–Crippen MR) is 132 cm³/mol. The van der Waals surface area contributed by atoms with Gasteiger partial charge in [-0.3, -0.25) is 0 Å². The number of aryl methyl sites for hydroxylation is 2. The Morgan fingerprint density at radius 3 is 2.29 bits per heavy atom. The number of urea groups is 1. The fourth-order valence-electron chi connectivity index (χ4n) is 4.31. The van der Waals surface area contributed by atoms with E-state index in [1.54, 1.807) is 4.90 Å². The molecule has 34 heavy (non-hydrogen) atoms. The van der Waals surface area contributed by atoms with Crippen LogP contribution < -0.4 is 11.1 Å². The van der Waals surface area contributed by atoms with Crippen LogP contribution in [0.15, 0.2) is 42.5 Å². The molecule has 2 aromatic carbocycles. The Hall–Kier alpha value is -3.81. The molecule has 0 saturated heterocycles. The molecule has 0 radical (unpaired) electrons. The van der Waals surface area contributed by atoms with Crippen molar-refractivity contribution in [2.45, 2.75) is 53.2 Å². The Bertz CT molecular complexity index is 1220. The van der Waals surface area contributed by atoms with E-state index in [-0.39, 0.29) is 6.09 Å². The first kappa shape index (κ1) is 23.4. The Kier molecular flexibility index (Phi) is 6.08. The maximum Gasteiger partial charge on any atom is 0.410 e. The molecular weight excluding hydrogens is 430 g/mol. The summed E-state index contributed by atoms with van der Waals surface area (Å²) < 4.78 is 7.62. The van der Waals surface area contributed by atoms with Gasteiger partial charge < -0.3 is 20.7 Å². The molecule has 0 atom stereocenters. The monoisotopic (exact) mass is 461 g/mol. The van der Waals surface area contributed by atoms with E-state index in [0.717, 1.165) is 39.3 Å². The molecule has 2 heterocycles. The van der Waals surface area contributed by atoms with Gasteiger partial charge >= 0.3 is 12.1 Å². The van der Waals surface area contributed by atoms with Crippen LogP contribution in [0.25, 0.3) is 16.9 Å². The highest BCUT2D eigenvalue weighted by atomic mass is 16.6. The lowest BCUT2D eigenvalue weighted by molar-refractivity contribution is 0.0224. The zero-order valence-corrected chi connectivity index (χ0v) is 20.3. The van der Waals surface area contributed by atoms with Gasteiger partial charge in [0.25, 0.3) is 0 Å². The number of hydrogen-bond acceptors (Lipinski definition) is 4. The largest absolute Gasteiger partial charge is 0.444 e. The number of carbonyl (C=O) groups is 2. The molecule has 0 bridgehead atoms. The van der Waals surface area contributed by atoms with Crippen molar-refractivity contribution < 1.29 is 14.3 Å². The molecule has 1 aromatic heterocycles. The van der Waals surface area contributed by atoms with Gasteiger partial charge in [-0.1, -0.05) is 30.3 Å². The number of ether oxygens (including phenoxy) is 1. The van der Waals surface area contributed by atoms with Crippen LogP contribution in [0.3, 0.4) is 0 Å². The van der Waals surface area contributed by atoms with Crippen molar-refractivity contribution in [3.05, 3.63) is 64.8 Å². The average molecular weight is 462 g/mol. The minimum atomic E-state index is -0.612. The number of nitrogens with two attached hydrogens (primary N) is 1. The summed E-state index contributed by atoms with van der Waals surface area (Å²) in [5, 5.41) is 7.60. The first-order valence-corrected chi connectivity index (χ1v) is 11.4. The SMILES string of the molecule is Cc1cccc(C)c1-n1nc2c(c1-c1ccc(NC(N)=O)cc1)CN(C(=O)OC(C)(C)C)CC2. The average Bonchev–Trinajstić information content (AvgIpc) is 3.10. The first-order chi connectivity index (χ1) is 16.0. The van der Waals surface area contributed by atoms with Gasteiger partial charge in [-0.15, -0.1) is 0 Å². The molecule has 0 aliphatic carbocycles. The van der Waals surface area contributed by atoms with Gasteiger partial charge in [0.1, 0.15) is 5.60 Å². The van der Waals surface area contributed by atoms with Gasteiger partial charge in [-0.2, -0.15) is 5.10 Å². The lowest BCUT2D eigenvalue weighted by Crippen LogP contribution is -2.39. The molecule has 0 spiro atoms. The molecule has 3 aromatic rings. The van der Waals surface area contributed by atoms with E-state index in [2.05, 4.69) is 31.3 Å². The Labute approximate surface area is 199 Å². The highest BCUT2D eigenvalue weighted by Crippen LogP contribution is 2.35. The summed E-state index contributed by atoms with van der Waals surface area (Å²) in [5.74, 6) is 0. The number of hydrogen-bond donors (Lipinski definition) is 2. The van der Waals surface area contributed by atoms with Gasteiger partial charge in [0, 0.05) is 29.8 Å². The number of amides is 3. The van der Waals surface area contributed by atoms with Crippen LogP contribution in [0, 0.1) is 13.8 Å². The van der Waals surface area contributed by atoms with E-state index >= 15 is 0 Å². The number of rotatable bonds is 3. The molecule has 0 unspecified atom stereocenters. The summed E-state index contributed by atoms with van der Waals surface area (Å²) in [7, 11) is 0. The molecule has 178 valence electrons. The Morgan fingerprint density at radius 2 is 1.71 bits per heavy atom. The summed E-state index contributed by atoms with van der Waals surface area (Å²) in [6.45, 7) is 10.7. The van der Waals surface area contributed by atoms with Gasteiger partial charge in [0.2, 0.25) is 0 Å². The van der Waals surface area contributed by atoms with Crippen molar-refractivity contribution in [3.8, 4) is 16.9 Å². The molecule has 4 rings (SSSR count). The highest BCUT2D eigenvalue weighted by Gasteiger charge is 2.31. The van der Waals surface area contributed by atoms with Crippen molar-refractivity contribution in [2.24, 2.45) is 5.73 Å². The van der Waals surface area contributed by atoms with Crippen molar-refractivity contribution in [2.75, 3.05) is 11.9 Å². The van der Waals surface area contributed by atoms with Gasteiger partial charge in [0.05, 0.1) is 23.6 Å². The molecular formula is C26H31N5O3. The van der Waals surface area contributed by atoms with Crippen LogP contribution in [-0.4, -0.2) is 39.0 Å². The first-order valence-electron chi connectivity index (χ1n) is 11.4. The lowest BCUT2D eigenvalue weighted by Gasteiger charge is -2.30. The molecule has 8 heteroatoms. The third-order valence-corrected chi connectivity index (χ3v) is 5.76. The number of anilines is 1. The summed E-state index contributed by atoms with van der Waals surface area (Å²) in [4.78, 5) is 25.8. The third kappa shape index (κ3) is 4.76. The van der Waals surface area contributed by atoms with E-state index in [1.165, 1.54) is 0 Å². The van der Waals surface area contributed by atoms with E-state index < -0.39 is 11.6 Å². The number of para-hydroxylation sites is 1. The standard InChI is InChI=1S/C26H31N5O3/c1-16-7-6-8-17(2)22(16)31-23(18-9-11-19(12-10-18)28-24(27)32)20-15-30(14-13-21(20)29-31)25(33)34-26(3,4)5/h6-12H,13-15H2,1-5H3,(H3,27,28,32). The fraction of sp³-hybridized carbons (Fsp3) is 0.346. The number of nitrogens with one attached hydrogen (secondary N) is 1. The van der Waals surface area contributed by atoms with Crippen molar-refractivity contribution in [1.29, 1.82) is 0 Å². The van der Waals surface area contributed by atoms with E-state index in [1.807, 2.05) is 55.8 Å². The highest BCUT2D eigenvalue weighted by molar-refractivity contribution is 5.88. The van der Waals surface area contributed by atoms with Crippen LogP contribution in [0.4, 0.5) is 15.3 Å². The second-order valence-electron chi connectivity index (χ2n) is 9.64. The number of primary amides is 1. The molecule has 8 nitrogen and oxygen atoms in total. The summed E-state index contributed by atoms with van der Waals surface area (Å²) in [5.41, 5.74) is 12.4. The minimum absolute atomic E-state index is 0.329. The summed E-state index contributed by atoms with van der Waals surface area (Å²) >= 11 is 0. The number of aromatic nitrogens is 2. The molecule has 0 saturated carbocycles. The number of carbonyl (C=O) groups excluding carboxylic acids is 2. The quantitative estimate of drug-likeness (QED) is 0.577. The number of benzene rings is 2. The minimum Gasteiger partial charge on any atom is -0.444 e. The Balaban J connectivity index is 1.82. The second-order valence-corrected chi connectivity index (χ2v) is 9.64. The Morgan fingerprint density at radius 1 is 1.06 bits per heavy atom. The van der Waals surface area contributed by atoms with Gasteiger partial charge in [-0.05, 0) is 57.9 Å². The normalized spacial score (nSPS) is 13.4. The van der Waals surface area contributed by atoms with Gasteiger partial charge in [-0.25, -0.2) is 14.3 Å². The van der Waals surface area contributed by atoms with Crippen LogP contribution in [0.2, 0.25) is 0 Å². The molecule has 1 aliphatic heterocycles. The fourth-order valence-corrected chi connectivity index (χ4v) is 4.31. The number of nitrogens with zero attached hydrogens (tertiary/aromatic N) is 3. The topological polar surface area (TPSA) is 102 Å². The lowest BCUT2D eigenvalue weighted by atomic mass is 10.00. The zero-order valence-electron chi connectivity index (χ0n) is 20.3. The maximum atomic E-state index is 12.8. The van der Waals surface area contributed by atoms with E-state index in [4.69, 9.17) is 15.6 Å².